The van der Waals surface area contributed by atoms with Crippen LogP contribution in [0.5, 0.6) is 0 Å². The molecule has 1 aliphatic rings. The van der Waals surface area contributed by atoms with Gasteiger partial charge in [-0.15, -0.1) is 0 Å². The van der Waals surface area contributed by atoms with E-state index in [0.29, 0.717) is 28.7 Å². The van der Waals surface area contributed by atoms with Crippen LogP contribution in [0, 0.1) is 0 Å². The van der Waals surface area contributed by atoms with Crippen LogP contribution in [-0.2, 0) is 16.0 Å². The molecule has 4 aromatic rings. The summed E-state index contributed by atoms with van der Waals surface area (Å²) in [6.07, 6.45) is -0.333. The summed E-state index contributed by atoms with van der Waals surface area (Å²) in [4.78, 5) is 26.1. The summed E-state index contributed by atoms with van der Waals surface area (Å²) in [5.74, 6) is 0. The highest BCUT2D eigenvalue weighted by atomic mass is 79.9. The fraction of sp³-hybridized carbons (Fsp3) is 0.182. The number of H-pyrrole nitrogens is 1. The van der Waals surface area contributed by atoms with Gasteiger partial charge in [-0.1, -0.05) is 36.4 Å². The zero-order valence-electron chi connectivity index (χ0n) is 15.8. The van der Waals surface area contributed by atoms with Gasteiger partial charge in [-0.3, -0.25) is 9.59 Å². The van der Waals surface area contributed by atoms with E-state index in [-0.39, 0.29) is 17.4 Å². The Bertz CT molecular complexity index is 1310. The number of hydrogen-bond acceptors (Lipinski definition) is 4. The number of hydrogen-bond donors (Lipinski definition) is 1. The second-order valence-corrected chi connectivity index (χ2v) is 8.38. The molecular formula is C22H18Br2N2O4. The maximum atomic E-state index is 12.2. The number of aromatic amines is 1. The summed E-state index contributed by atoms with van der Waals surface area (Å²) in [6, 6.07) is 19.1. The number of halogens is 2. The van der Waals surface area contributed by atoms with E-state index in [4.69, 9.17) is 9.47 Å². The van der Waals surface area contributed by atoms with Crippen LogP contribution in [0.25, 0.3) is 21.8 Å². The Kier molecular flexibility index (Phi) is 6.48. The lowest BCUT2D eigenvalue weighted by Gasteiger charge is -2.14. The normalized spacial score (nSPS) is 14.1. The molecule has 5 rings (SSSR count). The molecule has 0 amide bonds. The molecular weight excluding hydrogens is 516 g/mol. The largest absolute Gasteiger partial charge is 0.348 e. The highest BCUT2D eigenvalue weighted by Crippen LogP contribution is 2.18. The molecule has 1 fully saturated rings. The van der Waals surface area contributed by atoms with E-state index in [1.807, 2.05) is 60.7 Å². The van der Waals surface area contributed by atoms with Gasteiger partial charge in [-0.25, -0.2) is 0 Å². The molecule has 0 atom stereocenters. The van der Waals surface area contributed by atoms with Crippen molar-refractivity contribution in [2.45, 2.75) is 12.8 Å². The first kappa shape index (κ1) is 21.0. The Balaban J connectivity index is 0.000000158. The number of ether oxygens (including phenoxy) is 2. The number of rotatable bonds is 2. The van der Waals surface area contributed by atoms with Crippen LogP contribution >= 0.6 is 31.9 Å². The van der Waals surface area contributed by atoms with Crippen molar-refractivity contribution in [2.75, 3.05) is 13.2 Å². The molecule has 2 aromatic carbocycles. The Morgan fingerprint density at radius 1 is 0.900 bits per heavy atom. The molecule has 0 spiro atoms. The predicted molar refractivity (Wildman–Crippen MR) is 124 cm³/mol. The summed E-state index contributed by atoms with van der Waals surface area (Å²) >= 11 is 6.47. The molecule has 0 bridgehead atoms. The molecule has 6 nitrogen and oxygen atoms in total. The minimum Gasteiger partial charge on any atom is -0.348 e. The van der Waals surface area contributed by atoms with Gasteiger partial charge in [-0.05, 0) is 66.9 Å². The van der Waals surface area contributed by atoms with Gasteiger partial charge in [0.2, 0.25) is 0 Å². The Labute approximate surface area is 188 Å². The molecule has 0 unspecified atom stereocenters. The lowest BCUT2D eigenvalue weighted by molar-refractivity contribution is -0.0523. The van der Waals surface area contributed by atoms with Gasteiger partial charge in [0.1, 0.15) is 0 Å². The van der Waals surface area contributed by atoms with Gasteiger partial charge in [0.15, 0.2) is 6.29 Å². The predicted octanol–water partition coefficient (Wildman–Crippen LogP) is 4.43. The number of benzene rings is 2. The molecule has 1 aliphatic heterocycles. The summed E-state index contributed by atoms with van der Waals surface area (Å²) in [7, 11) is 0. The monoisotopic (exact) mass is 532 g/mol. The Hall–Kier alpha value is -2.26. The fourth-order valence-electron chi connectivity index (χ4n) is 3.26. The van der Waals surface area contributed by atoms with Crippen molar-refractivity contribution < 1.29 is 9.47 Å². The highest BCUT2D eigenvalue weighted by Gasteiger charge is 2.18. The van der Waals surface area contributed by atoms with E-state index in [0.717, 1.165) is 21.8 Å². The third-order valence-corrected chi connectivity index (χ3v) is 5.85. The van der Waals surface area contributed by atoms with Gasteiger partial charge in [0, 0.05) is 5.52 Å². The average molecular weight is 534 g/mol. The van der Waals surface area contributed by atoms with Crippen LogP contribution < -0.4 is 11.1 Å². The molecule has 154 valence electrons. The van der Waals surface area contributed by atoms with Crippen LogP contribution in [0.1, 0.15) is 0 Å². The standard InChI is InChI=1S/C13H12BrNO3.C9H6BrNO/c14-10-7-9-3-1-2-4-11(9)15(13(10)16)8-12-17-5-6-18-12;10-7-5-6-3-1-2-4-8(6)11-9(7)12/h1-4,7,12H,5-6,8H2;1-5H,(H,11,12). The number of pyridine rings is 2. The van der Waals surface area contributed by atoms with Crippen LogP contribution in [0.4, 0.5) is 0 Å². The van der Waals surface area contributed by atoms with Gasteiger partial charge >= 0.3 is 0 Å². The number of nitrogens with one attached hydrogen (secondary N) is 1. The summed E-state index contributed by atoms with van der Waals surface area (Å²) in [6.45, 7) is 1.59. The number of nitrogens with zero attached hydrogens (tertiary/aromatic N) is 1. The average Bonchev–Trinajstić information content (AvgIpc) is 3.26. The molecule has 0 radical (unpaired) electrons. The Morgan fingerprint density at radius 2 is 1.53 bits per heavy atom. The maximum Gasteiger partial charge on any atom is 0.265 e. The summed E-state index contributed by atoms with van der Waals surface area (Å²) in [5, 5.41) is 2.05. The van der Waals surface area contributed by atoms with E-state index < -0.39 is 0 Å². The van der Waals surface area contributed by atoms with Crippen molar-refractivity contribution >= 4 is 53.7 Å². The fourth-order valence-corrected chi connectivity index (χ4v) is 4.06. The lowest BCUT2D eigenvalue weighted by Crippen LogP contribution is -2.27. The maximum absolute atomic E-state index is 12.2. The van der Waals surface area contributed by atoms with Crippen molar-refractivity contribution in [3.8, 4) is 0 Å². The Morgan fingerprint density at radius 3 is 2.30 bits per heavy atom. The molecule has 1 saturated heterocycles. The smallest absolute Gasteiger partial charge is 0.265 e. The molecule has 0 aliphatic carbocycles. The topological polar surface area (TPSA) is 73.3 Å². The van der Waals surface area contributed by atoms with Crippen LogP contribution in [0.15, 0.2) is 79.2 Å². The first-order valence-corrected chi connectivity index (χ1v) is 10.9. The SMILES string of the molecule is O=c1[nH]c2ccccc2cc1Br.O=c1c(Br)cc2ccccc2n1CC1OCCO1. The number of fused-ring (bicyclic) bond motifs is 2. The van der Waals surface area contributed by atoms with Gasteiger partial charge in [-0.2, -0.15) is 0 Å². The molecule has 30 heavy (non-hydrogen) atoms. The van der Waals surface area contributed by atoms with Crippen molar-refractivity contribution in [1.82, 2.24) is 9.55 Å². The molecule has 0 saturated carbocycles. The third kappa shape index (κ3) is 4.57. The van der Waals surface area contributed by atoms with E-state index in [1.165, 1.54) is 0 Å². The van der Waals surface area contributed by atoms with E-state index >= 15 is 0 Å². The molecule has 8 heteroatoms. The minimum atomic E-state index is -0.333. The first-order valence-electron chi connectivity index (χ1n) is 9.32. The lowest BCUT2D eigenvalue weighted by atomic mass is 10.2. The second-order valence-electron chi connectivity index (χ2n) is 6.67. The van der Waals surface area contributed by atoms with E-state index in [9.17, 15) is 9.59 Å². The number of aromatic nitrogens is 2. The van der Waals surface area contributed by atoms with Crippen LogP contribution in [0.3, 0.4) is 0 Å². The van der Waals surface area contributed by atoms with Gasteiger partial charge < -0.3 is 19.0 Å². The molecule has 2 aromatic heterocycles. The first-order chi connectivity index (χ1) is 14.5. The molecule has 1 N–H and O–H groups in total. The van der Waals surface area contributed by atoms with Crippen molar-refractivity contribution in [2.24, 2.45) is 0 Å². The third-order valence-electron chi connectivity index (χ3n) is 4.69. The minimum absolute atomic E-state index is 0.0622. The highest BCUT2D eigenvalue weighted by molar-refractivity contribution is 9.10. The summed E-state index contributed by atoms with van der Waals surface area (Å²) < 4.78 is 13.6. The van der Waals surface area contributed by atoms with Crippen molar-refractivity contribution in [3.05, 3.63) is 90.3 Å². The van der Waals surface area contributed by atoms with Crippen molar-refractivity contribution in [1.29, 1.82) is 0 Å². The van der Waals surface area contributed by atoms with Crippen LogP contribution in [-0.4, -0.2) is 29.1 Å². The summed E-state index contributed by atoms with van der Waals surface area (Å²) in [5.41, 5.74) is 1.61. The zero-order chi connectivity index (χ0) is 21.1. The van der Waals surface area contributed by atoms with Crippen LogP contribution in [0.2, 0.25) is 0 Å². The zero-order valence-corrected chi connectivity index (χ0v) is 19.0. The van der Waals surface area contributed by atoms with Gasteiger partial charge in [0.05, 0.1) is 34.2 Å². The second kappa shape index (κ2) is 9.26. The van der Waals surface area contributed by atoms with Crippen molar-refractivity contribution in [3.63, 3.8) is 0 Å². The quantitative estimate of drug-likeness (QED) is 0.414. The van der Waals surface area contributed by atoms with E-state index in [1.54, 1.807) is 4.57 Å². The number of para-hydroxylation sites is 2. The van der Waals surface area contributed by atoms with E-state index in [2.05, 4.69) is 36.8 Å². The molecule has 3 heterocycles. The van der Waals surface area contributed by atoms with Gasteiger partial charge in [0.25, 0.3) is 11.1 Å².